The van der Waals surface area contributed by atoms with E-state index >= 15 is 0 Å². The zero-order chi connectivity index (χ0) is 47.6. The Morgan fingerprint density at radius 3 is 1.26 bits per heavy atom. The number of allylic oxidation sites excluding steroid dienone is 1. The molecule has 1 aromatic rings. The van der Waals surface area contributed by atoms with Gasteiger partial charge in [-0.25, -0.2) is 19.2 Å². The molecule has 0 saturated heterocycles. The Balaban J connectivity index is 3.79. The molecular formula is C40H65N4O16P. The summed E-state index contributed by atoms with van der Waals surface area (Å²) in [5.74, 6) is -2.97. The van der Waals surface area contributed by atoms with Crippen LogP contribution in [-0.4, -0.2) is 95.0 Å². The van der Waals surface area contributed by atoms with E-state index in [4.69, 9.17) is 42.2 Å². The van der Waals surface area contributed by atoms with Crippen molar-refractivity contribution >= 4 is 55.7 Å². The number of esters is 2. The average Bonchev–Trinajstić information content (AvgIpc) is 3.00. The molecule has 0 aliphatic heterocycles. The molecular weight excluding hydrogens is 823 g/mol. The van der Waals surface area contributed by atoms with Crippen LogP contribution in [0.5, 0.6) is 5.88 Å². The molecule has 0 bridgehead atoms. The number of carbonyl (C=O) groups is 6. The first-order chi connectivity index (χ1) is 27.3. The van der Waals surface area contributed by atoms with Crippen LogP contribution in [0.2, 0.25) is 0 Å². The molecule has 0 radical (unpaired) electrons. The minimum atomic E-state index is -4.15. The molecule has 0 saturated carbocycles. The Morgan fingerprint density at radius 1 is 0.557 bits per heavy atom. The van der Waals surface area contributed by atoms with Crippen molar-refractivity contribution in [2.75, 3.05) is 36.2 Å². The van der Waals surface area contributed by atoms with Crippen molar-refractivity contribution in [3.8, 4) is 5.88 Å². The number of hydrogen-bond acceptors (Lipinski definition) is 18. The number of amides is 4. The Hall–Kier alpha value is -4.81. The number of hydrogen-bond donors (Lipinski definition) is 0. The fourth-order valence-electron chi connectivity index (χ4n) is 3.72. The van der Waals surface area contributed by atoms with Crippen molar-refractivity contribution in [2.45, 2.75) is 147 Å². The van der Waals surface area contributed by atoms with E-state index in [0.717, 1.165) is 6.07 Å². The second-order valence-corrected chi connectivity index (χ2v) is 21.5. The van der Waals surface area contributed by atoms with Gasteiger partial charge in [0.2, 0.25) is 25.4 Å². The lowest BCUT2D eigenvalue weighted by atomic mass is 9.98. The summed E-state index contributed by atoms with van der Waals surface area (Å²) in [6.45, 7) is 26.5. The van der Waals surface area contributed by atoms with Crippen LogP contribution in [0.25, 0.3) is 0 Å². The van der Waals surface area contributed by atoms with Crippen LogP contribution in [-0.2, 0) is 51.6 Å². The molecule has 0 spiro atoms. The van der Waals surface area contributed by atoms with Gasteiger partial charge in [-0.2, -0.15) is 14.9 Å². The Bertz CT molecular complexity index is 1640. The monoisotopic (exact) mass is 888 g/mol. The molecule has 1 heterocycles. The van der Waals surface area contributed by atoms with Gasteiger partial charge < -0.3 is 33.2 Å². The lowest BCUT2D eigenvalue weighted by Gasteiger charge is -2.29. The van der Waals surface area contributed by atoms with Crippen molar-refractivity contribution in [3.63, 3.8) is 0 Å². The molecule has 20 nitrogen and oxygen atoms in total. The van der Waals surface area contributed by atoms with E-state index < -0.39 is 115 Å². The van der Waals surface area contributed by atoms with E-state index in [1.165, 1.54) is 12.2 Å². The second-order valence-electron chi connectivity index (χ2n) is 19.4. The highest BCUT2D eigenvalue weighted by Crippen LogP contribution is 2.48. The van der Waals surface area contributed by atoms with Gasteiger partial charge in [0.05, 0.1) is 17.0 Å². The fourth-order valence-corrected chi connectivity index (χ4v) is 4.84. The Kier molecular flexibility index (Phi) is 18.5. The van der Waals surface area contributed by atoms with Gasteiger partial charge in [-0.05, 0) is 125 Å². The van der Waals surface area contributed by atoms with Gasteiger partial charge in [0.15, 0.2) is 5.82 Å². The van der Waals surface area contributed by atoms with Gasteiger partial charge >= 0.3 is 43.9 Å². The molecule has 0 N–H and O–H groups in total. The van der Waals surface area contributed by atoms with Crippen LogP contribution in [0.15, 0.2) is 18.2 Å². The van der Waals surface area contributed by atoms with Gasteiger partial charge in [0, 0.05) is 6.07 Å². The lowest BCUT2D eigenvalue weighted by Crippen LogP contribution is -2.46. The highest BCUT2D eigenvalue weighted by molar-refractivity contribution is 7.54. The summed E-state index contributed by atoms with van der Waals surface area (Å²) in [4.78, 5) is 88.2. The summed E-state index contributed by atoms with van der Waals surface area (Å²) >= 11 is 0. The third kappa shape index (κ3) is 21.0. The SMILES string of the molecule is CC(C)(C)OC(=O)N(C(=O)OC(C)(C)C)c1cc(OC/C=C/CP(=O)(OCOC(=O)C(C)(C)C)OCOC(=O)C(C)(C)C)nc(N(C(=O)OC(C)(C)C)C(=O)OC(C)(C)C)n1. The Morgan fingerprint density at radius 2 is 0.918 bits per heavy atom. The standard InChI is InChI=1S/C40H65N4O16P/c1-35(2,3)28(45)53-24-55-61(51,56-25-54-29(46)36(4,5)6)22-20-19-21-52-27-23-26(43(31(47)57-37(7,8)9)32(48)58-38(10,11)12)41-30(42-27)44(33(49)59-39(13,14)15)34(50)60-40(16,17)18/h19-20,23H,21-22,24-25H2,1-18H3/b20-19+. The number of ether oxygens (including phenoxy) is 7. The average molecular weight is 889 g/mol. The van der Waals surface area contributed by atoms with Crippen molar-refractivity contribution in [1.29, 1.82) is 0 Å². The van der Waals surface area contributed by atoms with Gasteiger partial charge in [-0.3, -0.25) is 23.2 Å². The van der Waals surface area contributed by atoms with Crippen LogP contribution >= 0.6 is 7.60 Å². The van der Waals surface area contributed by atoms with E-state index in [0.29, 0.717) is 9.80 Å². The number of imide groups is 2. The predicted molar refractivity (Wildman–Crippen MR) is 222 cm³/mol. The third-order valence-corrected chi connectivity index (χ3v) is 7.99. The van der Waals surface area contributed by atoms with Gasteiger partial charge in [-0.15, -0.1) is 4.90 Å². The summed E-state index contributed by atoms with van der Waals surface area (Å²) in [7, 11) is -4.15. The maximum atomic E-state index is 13.7. The van der Waals surface area contributed by atoms with Crippen molar-refractivity contribution in [3.05, 3.63) is 18.2 Å². The predicted octanol–water partition coefficient (Wildman–Crippen LogP) is 9.08. The third-order valence-electron chi connectivity index (χ3n) is 6.34. The summed E-state index contributed by atoms with van der Waals surface area (Å²) in [6, 6.07) is 1.04. The van der Waals surface area contributed by atoms with Crippen LogP contribution in [0, 0.1) is 10.8 Å². The van der Waals surface area contributed by atoms with Gasteiger partial charge in [0.25, 0.3) is 0 Å². The second kappa shape index (κ2) is 20.8. The number of rotatable bonds is 13. The zero-order valence-electron chi connectivity index (χ0n) is 38.8. The smallest absolute Gasteiger partial charge is 0.427 e. The van der Waals surface area contributed by atoms with Crippen LogP contribution in [0.1, 0.15) is 125 Å². The van der Waals surface area contributed by atoms with Gasteiger partial charge in [0.1, 0.15) is 29.0 Å². The van der Waals surface area contributed by atoms with E-state index in [-0.39, 0.29) is 6.61 Å². The molecule has 61 heavy (non-hydrogen) atoms. The molecule has 21 heteroatoms. The highest BCUT2D eigenvalue weighted by atomic mass is 31.2. The number of nitrogens with zero attached hydrogens (tertiary/aromatic N) is 4. The van der Waals surface area contributed by atoms with Gasteiger partial charge in [-0.1, -0.05) is 12.2 Å². The largest absolute Gasteiger partial charge is 0.473 e. The van der Waals surface area contributed by atoms with E-state index in [2.05, 4.69) is 9.97 Å². The number of carbonyl (C=O) groups excluding carboxylic acids is 6. The lowest BCUT2D eigenvalue weighted by molar-refractivity contribution is -0.162. The molecule has 4 amide bonds. The minimum Gasteiger partial charge on any atom is -0.473 e. The van der Waals surface area contributed by atoms with Crippen molar-refractivity contribution in [1.82, 2.24) is 9.97 Å². The van der Waals surface area contributed by atoms with Crippen LogP contribution < -0.4 is 14.5 Å². The maximum Gasteiger partial charge on any atom is 0.427 e. The molecule has 0 aliphatic carbocycles. The quantitative estimate of drug-likeness (QED) is 0.0590. The molecule has 0 atom stereocenters. The summed E-state index contributed by atoms with van der Waals surface area (Å²) in [5.41, 5.74) is -6.28. The molecule has 1 aromatic heterocycles. The first kappa shape index (κ1) is 54.2. The highest BCUT2D eigenvalue weighted by Gasteiger charge is 2.39. The van der Waals surface area contributed by atoms with Crippen molar-refractivity contribution in [2.24, 2.45) is 10.8 Å². The first-order valence-corrected chi connectivity index (χ1v) is 21.0. The fraction of sp³-hybridized carbons (Fsp3) is 0.700. The summed E-state index contributed by atoms with van der Waals surface area (Å²) in [6.07, 6.45) is -2.80. The molecule has 0 fully saturated rings. The molecule has 346 valence electrons. The van der Waals surface area contributed by atoms with Crippen LogP contribution in [0.4, 0.5) is 30.9 Å². The summed E-state index contributed by atoms with van der Waals surface area (Å²) in [5, 5.41) is 0. The first-order valence-electron chi connectivity index (χ1n) is 19.2. The topological polar surface area (TPSA) is 235 Å². The molecule has 0 aliphatic rings. The Labute approximate surface area is 358 Å². The number of anilines is 2. The van der Waals surface area contributed by atoms with E-state index in [9.17, 15) is 33.3 Å². The maximum absolute atomic E-state index is 13.7. The van der Waals surface area contributed by atoms with E-state index in [1.807, 2.05) is 0 Å². The summed E-state index contributed by atoms with van der Waals surface area (Å²) < 4.78 is 62.2. The number of aromatic nitrogens is 2. The van der Waals surface area contributed by atoms with Crippen LogP contribution in [0.3, 0.4) is 0 Å². The molecule has 1 rings (SSSR count). The minimum absolute atomic E-state index is 0.356. The molecule has 0 unspecified atom stereocenters. The van der Waals surface area contributed by atoms with E-state index in [1.54, 1.807) is 125 Å². The normalized spacial score (nSPS) is 12.9. The molecule has 0 aromatic carbocycles. The zero-order valence-corrected chi connectivity index (χ0v) is 39.7. The van der Waals surface area contributed by atoms with Crippen molar-refractivity contribution < 1.29 is 75.5 Å².